The predicted octanol–water partition coefficient (Wildman–Crippen LogP) is 4.33. The van der Waals surface area contributed by atoms with Crippen molar-refractivity contribution in [1.82, 2.24) is 35.0 Å². The fourth-order valence-electron chi connectivity index (χ4n) is 3.95. The second kappa shape index (κ2) is 9.54. The van der Waals surface area contributed by atoms with Crippen LogP contribution >= 0.6 is 0 Å². The molecule has 5 aromatic rings. The maximum absolute atomic E-state index is 13.1. The summed E-state index contributed by atoms with van der Waals surface area (Å²) in [5.74, 6) is -0.765. The predicted molar refractivity (Wildman–Crippen MR) is 135 cm³/mol. The zero-order chi connectivity index (χ0) is 27.0. The van der Waals surface area contributed by atoms with E-state index in [1.54, 1.807) is 30.2 Å². The molecule has 1 amide bonds. The van der Waals surface area contributed by atoms with E-state index in [1.165, 1.54) is 6.92 Å². The Hall–Kier alpha value is -4.87. The number of benzene rings is 1. The number of alkyl halides is 3. The second-order valence-corrected chi connectivity index (χ2v) is 8.61. The highest BCUT2D eigenvalue weighted by atomic mass is 19.4. The van der Waals surface area contributed by atoms with Crippen LogP contribution in [0.1, 0.15) is 27.3 Å². The molecule has 4 heterocycles. The van der Waals surface area contributed by atoms with E-state index in [9.17, 15) is 18.0 Å². The first-order valence-corrected chi connectivity index (χ1v) is 11.4. The molecule has 0 atom stereocenters. The molecule has 0 aliphatic rings. The Bertz CT molecular complexity index is 1680. The van der Waals surface area contributed by atoms with Crippen molar-refractivity contribution in [2.45, 2.75) is 19.6 Å². The molecule has 0 fully saturated rings. The maximum atomic E-state index is 13.1. The molecule has 12 heteroatoms. The number of amides is 1. The van der Waals surface area contributed by atoms with Crippen LogP contribution in [0.2, 0.25) is 0 Å². The molecule has 9 nitrogen and oxygen atoms in total. The summed E-state index contributed by atoms with van der Waals surface area (Å²) in [5, 5.41) is 7.91. The third-order valence-corrected chi connectivity index (χ3v) is 5.90. The van der Waals surface area contributed by atoms with Crippen molar-refractivity contribution in [3.63, 3.8) is 0 Å². The number of hydrogen-bond acceptors (Lipinski definition) is 7. The number of pyridine rings is 2. The van der Waals surface area contributed by atoms with Crippen LogP contribution in [0.4, 0.5) is 19.0 Å². The number of fused-ring (bicyclic) bond motifs is 1. The second-order valence-electron chi connectivity index (χ2n) is 8.61. The van der Waals surface area contributed by atoms with Crippen molar-refractivity contribution in [2.75, 3.05) is 5.73 Å². The van der Waals surface area contributed by atoms with Crippen LogP contribution < -0.4 is 11.1 Å². The minimum Gasteiger partial charge on any atom is -0.382 e. The minimum atomic E-state index is -4.51. The molecule has 5 rings (SSSR count). The lowest BCUT2D eigenvalue weighted by atomic mass is 10.0. The van der Waals surface area contributed by atoms with Gasteiger partial charge in [-0.25, -0.2) is 9.97 Å². The number of aromatic nitrogens is 6. The van der Waals surface area contributed by atoms with E-state index < -0.39 is 17.6 Å². The largest absolute Gasteiger partial charge is 0.417 e. The SMILES string of the molecule is Cc1cc(C(F)(F)F)cnc1CNC(=O)c1nc(-c2ccc3ncccc3c2)c(-c2ccn(C)n2)nc1N. The Morgan fingerprint density at radius 1 is 1.08 bits per heavy atom. The van der Waals surface area contributed by atoms with Crippen LogP contribution in [0.5, 0.6) is 0 Å². The van der Waals surface area contributed by atoms with Gasteiger partial charge in [-0.15, -0.1) is 0 Å². The van der Waals surface area contributed by atoms with Crippen molar-refractivity contribution in [1.29, 1.82) is 0 Å². The normalized spacial score (nSPS) is 11.6. The number of nitrogen functional groups attached to an aromatic ring is 1. The van der Waals surface area contributed by atoms with Gasteiger partial charge in [-0.05, 0) is 42.8 Å². The minimum absolute atomic E-state index is 0.119. The lowest BCUT2D eigenvalue weighted by Crippen LogP contribution is -2.26. The van der Waals surface area contributed by atoms with Gasteiger partial charge in [-0.1, -0.05) is 12.1 Å². The molecule has 0 saturated carbocycles. The highest BCUT2D eigenvalue weighted by molar-refractivity contribution is 5.98. The standard InChI is InChI=1S/C26H21F3N8O/c1-14-10-17(26(27,28)29)12-32-20(14)13-33-25(38)23-24(30)35-22(19-7-9-37(2)36-19)21(34-23)16-5-6-18-15(11-16)4-3-8-31-18/h3-12H,13H2,1-2H3,(H2,30,35)(H,33,38). The number of carbonyl (C=O) groups excluding carboxylic acids is 1. The van der Waals surface area contributed by atoms with Crippen molar-refractivity contribution < 1.29 is 18.0 Å². The first kappa shape index (κ1) is 24.8. The van der Waals surface area contributed by atoms with Crippen molar-refractivity contribution in [2.24, 2.45) is 7.05 Å². The topological polar surface area (TPSA) is 125 Å². The molecule has 0 aliphatic carbocycles. The summed E-state index contributed by atoms with van der Waals surface area (Å²) in [7, 11) is 1.76. The average molecular weight is 519 g/mol. The van der Waals surface area contributed by atoms with E-state index in [0.717, 1.165) is 23.2 Å². The number of nitrogens with zero attached hydrogens (tertiary/aromatic N) is 6. The van der Waals surface area contributed by atoms with Crippen molar-refractivity contribution in [3.8, 4) is 22.6 Å². The lowest BCUT2D eigenvalue weighted by Gasteiger charge is -2.13. The van der Waals surface area contributed by atoms with Gasteiger partial charge in [-0.2, -0.15) is 18.3 Å². The third-order valence-electron chi connectivity index (χ3n) is 5.90. The molecule has 0 aliphatic heterocycles. The summed E-state index contributed by atoms with van der Waals surface area (Å²) in [4.78, 5) is 30.3. The molecule has 38 heavy (non-hydrogen) atoms. The monoisotopic (exact) mass is 518 g/mol. The molecule has 0 saturated heterocycles. The summed E-state index contributed by atoms with van der Waals surface area (Å²) in [6, 6.07) is 12.0. The van der Waals surface area contributed by atoms with Crippen LogP contribution in [0.25, 0.3) is 33.5 Å². The zero-order valence-corrected chi connectivity index (χ0v) is 20.3. The number of halogens is 3. The number of hydrogen-bond donors (Lipinski definition) is 2. The number of anilines is 1. The third kappa shape index (κ3) is 4.88. The van der Waals surface area contributed by atoms with E-state index in [2.05, 4.69) is 30.4 Å². The van der Waals surface area contributed by atoms with Crippen LogP contribution in [-0.4, -0.2) is 35.6 Å². The van der Waals surface area contributed by atoms with Gasteiger partial charge < -0.3 is 11.1 Å². The number of nitrogens with two attached hydrogens (primary N) is 1. The maximum Gasteiger partial charge on any atom is 0.417 e. The van der Waals surface area contributed by atoms with Gasteiger partial charge in [0.1, 0.15) is 11.4 Å². The molecule has 0 bridgehead atoms. The zero-order valence-electron chi connectivity index (χ0n) is 20.3. The Labute approximate surface area is 214 Å². The smallest absolute Gasteiger partial charge is 0.382 e. The Balaban J connectivity index is 1.51. The highest BCUT2D eigenvalue weighted by Gasteiger charge is 2.31. The first-order valence-electron chi connectivity index (χ1n) is 11.4. The summed E-state index contributed by atoms with van der Waals surface area (Å²) >= 11 is 0. The van der Waals surface area contributed by atoms with Crippen LogP contribution in [0.15, 0.2) is 61.1 Å². The lowest BCUT2D eigenvalue weighted by molar-refractivity contribution is -0.137. The van der Waals surface area contributed by atoms with Crippen molar-refractivity contribution in [3.05, 3.63) is 83.6 Å². The Kier molecular flexibility index (Phi) is 6.23. The van der Waals surface area contributed by atoms with Gasteiger partial charge in [0.2, 0.25) is 0 Å². The van der Waals surface area contributed by atoms with E-state index in [-0.39, 0.29) is 29.3 Å². The van der Waals surface area contributed by atoms with Gasteiger partial charge >= 0.3 is 6.18 Å². The molecule has 4 aromatic heterocycles. The van der Waals surface area contributed by atoms with E-state index in [4.69, 9.17) is 5.73 Å². The molecular formula is C26H21F3N8O. The summed E-state index contributed by atoms with van der Waals surface area (Å²) in [6.07, 6.45) is -0.327. The first-order chi connectivity index (χ1) is 18.1. The fourth-order valence-corrected chi connectivity index (χ4v) is 3.95. The van der Waals surface area contributed by atoms with E-state index in [1.807, 2.05) is 30.3 Å². The summed E-state index contributed by atoms with van der Waals surface area (Å²) in [6.45, 7) is 1.37. The van der Waals surface area contributed by atoms with Crippen LogP contribution in [0, 0.1) is 6.92 Å². The Morgan fingerprint density at radius 2 is 1.89 bits per heavy atom. The van der Waals surface area contributed by atoms with Gasteiger partial charge in [-0.3, -0.25) is 19.4 Å². The fraction of sp³-hybridized carbons (Fsp3) is 0.154. The van der Waals surface area contributed by atoms with Gasteiger partial charge in [0.05, 0.1) is 29.0 Å². The number of aryl methyl sites for hydroxylation is 2. The molecule has 0 spiro atoms. The van der Waals surface area contributed by atoms with Crippen molar-refractivity contribution >= 4 is 22.6 Å². The van der Waals surface area contributed by atoms with Gasteiger partial charge in [0, 0.05) is 36.6 Å². The highest BCUT2D eigenvalue weighted by Crippen LogP contribution is 2.32. The summed E-state index contributed by atoms with van der Waals surface area (Å²) < 4.78 is 40.5. The van der Waals surface area contributed by atoms with E-state index >= 15 is 0 Å². The van der Waals surface area contributed by atoms with Crippen LogP contribution in [-0.2, 0) is 19.8 Å². The molecule has 3 N–H and O–H groups in total. The molecule has 192 valence electrons. The molecule has 0 radical (unpaired) electrons. The van der Waals surface area contributed by atoms with Gasteiger partial charge in [0.25, 0.3) is 5.91 Å². The quantitative estimate of drug-likeness (QED) is 0.355. The van der Waals surface area contributed by atoms with Crippen LogP contribution in [0.3, 0.4) is 0 Å². The number of nitrogens with one attached hydrogen (secondary N) is 1. The number of carbonyl (C=O) groups is 1. The molecule has 1 aromatic carbocycles. The number of rotatable bonds is 5. The van der Waals surface area contributed by atoms with E-state index in [0.29, 0.717) is 22.6 Å². The average Bonchev–Trinajstić information content (AvgIpc) is 3.32. The molecule has 0 unspecified atom stereocenters. The molecular weight excluding hydrogens is 497 g/mol. The van der Waals surface area contributed by atoms with Gasteiger partial charge in [0.15, 0.2) is 11.5 Å². The summed E-state index contributed by atoms with van der Waals surface area (Å²) in [5.41, 5.74) is 8.49. The Morgan fingerprint density at radius 3 is 2.61 bits per heavy atom.